The quantitative estimate of drug-likeness (QED) is 0.791. The first-order valence-corrected chi connectivity index (χ1v) is 7.11. The fourth-order valence-electron chi connectivity index (χ4n) is 3.05. The summed E-state index contributed by atoms with van der Waals surface area (Å²) in [5.74, 6) is 0.703. The second-order valence-electron chi connectivity index (χ2n) is 6.01. The second kappa shape index (κ2) is 5.38. The summed E-state index contributed by atoms with van der Waals surface area (Å²) in [5.41, 5.74) is -0.721. The van der Waals surface area contributed by atoms with Crippen LogP contribution in [0.3, 0.4) is 0 Å². The fraction of sp³-hybridized carbons (Fsp3) is 0.929. The summed E-state index contributed by atoms with van der Waals surface area (Å²) in [6.07, 6.45) is 8.97. The highest BCUT2D eigenvalue weighted by molar-refractivity contribution is 5.77. The van der Waals surface area contributed by atoms with E-state index >= 15 is 0 Å². The van der Waals surface area contributed by atoms with Gasteiger partial charge in [0.05, 0.1) is 12.0 Å². The molecule has 3 heteroatoms. The van der Waals surface area contributed by atoms with Crippen LogP contribution in [0.2, 0.25) is 0 Å². The van der Waals surface area contributed by atoms with E-state index in [0.29, 0.717) is 12.3 Å². The lowest BCUT2D eigenvalue weighted by Crippen LogP contribution is -2.44. The van der Waals surface area contributed by atoms with E-state index < -0.39 is 5.60 Å². The number of hydrogen-bond acceptors (Lipinski definition) is 2. The smallest absolute Gasteiger partial charge is 0.223 e. The van der Waals surface area contributed by atoms with E-state index in [0.717, 1.165) is 25.7 Å². The molecule has 0 bridgehead atoms. The van der Waals surface area contributed by atoms with Gasteiger partial charge in [-0.2, -0.15) is 0 Å². The second-order valence-corrected chi connectivity index (χ2v) is 6.01. The van der Waals surface area contributed by atoms with Crippen molar-refractivity contribution in [3.63, 3.8) is 0 Å². The Morgan fingerprint density at radius 2 is 1.94 bits per heavy atom. The van der Waals surface area contributed by atoms with Crippen molar-refractivity contribution in [2.45, 2.75) is 76.4 Å². The van der Waals surface area contributed by atoms with Gasteiger partial charge in [0.1, 0.15) is 0 Å². The highest BCUT2D eigenvalue weighted by atomic mass is 16.3. The van der Waals surface area contributed by atoms with Crippen LogP contribution in [0.4, 0.5) is 0 Å². The number of carbonyl (C=O) groups is 1. The molecule has 2 fully saturated rings. The Balaban J connectivity index is 1.75. The minimum Gasteiger partial charge on any atom is -0.389 e. The van der Waals surface area contributed by atoms with Crippen LogP contribution in [0.15, 0.2) is 0 Å². The predicted molar refractivity (Wildman–Crippen MR) is 67.6 cm³/mol. The van der Waals surface area contributed by atoms with Gasteiger partial charge in [-0.3, -0.25) is 4.79 Å². The molecule has 98 valence electrons. The molecular formula is C14H25NO2. The lowest BCUT2D eigenvalue weighted by atomic mass is 9.79. The number of hydrogen-bond donors (Lipinski definition) is 2. The molecule has 0 aromatic heterocycles. The van der Waals surface area contributed by atoms with E-state index in [1.807, 2.05) is 0 Å². The summed E-state index contributed by atoms with van der Waals surface area (Å²) < 4.78 is 0. The average Bonchev–Trinajstić information content (AvgIpc) is 2.13. The minimum atomic E-state index is -0.721. The van der Waals surface area contributed by atoms with Gasteiger partial charge in [0.2, 0.25) is 5.91 Å². The summed E-state index contributed by atoms with van der Waals surface area (Å²) in [5, 5.41) is 13.4. The maximum atomic E-state index is 11.9. The zero-order chi connectivity index (χ0) is 12.3. The first-order chi connectivity index (χ1) is 8.09. The van der Waals surface area contributed by atoms with Crippen LogP contribution in [-0.4, -0.2) is 22.7 Å². The first kappa shape index (κ1) is 12.9. The largest absolute Gasteiger partial charge is 0.389 e. The molecular weight excluding hydrogens is 214 g/mol. The Morgan fingerprint density at radius 3 is 2.47 bits per heavy atom. The zero-order valence-electron chi connectivity index (χ0n) is 10.9. The molecule has 17 heavy (non-hydrogen) atoms. The standard InChI is InChI=1S/C14H25NO2/c1-11(12-6-5-7-12)15-13(16)10-14(17)8-3-2-4-9-14/h11-12,17H,2-10H2,1H3,(H,15,16). The molecule has 0 aromatic carbocycles. The molecule has 2 aliphatic carbocycles. The van der Waals surface area contributed by atoms with Gasteiger partial charge in [-0.25, -0.2) is 0 Å². The number of nitrogens with one attached hydrogen (secondary N) is 1. The van der Waals surface area contributed by atoms with E-state index in [1.54, 1.807) is 0 Å². The number of rotatable bonds is 4. The zero-order valence-corrected chi connectivity index (χ0v) is 10.9. The monoisotopic (exact) mass is 239 g/mol. The average molecular weight is 239 g/mol. The molecule has 0 heterocycles. The number of aliphatic hydroxyl groups is 1. The van der Waals surface area contributed by atoms with Crippen molar-refractivity contribution >= 4 is 5.91 Å². The van der Waals surface area contributed by atoms with Crippen molar-refractivity contribution in [2.75, 3.05) is 0 Å². The third-order valence-electron chi connectivity index (χ3n) is 4.52. The van der Waals surface area contributed by atoms with Crippen LogP contribution >= 0.6 is 0 Å². The highest BCUT2D eigenvalue weighted by Crippen LogP contribution is 2.32. The van der Waals surface area contributed by atoms with Crippen molar-refractivity contribution in [3.8, 4) is 0 Å². The topological polar surface area (TPSA) is 49.3 Å². The summed E-state index contributed by atoms with van der Waals surface area (Å²) >= 11 is 0. The molecule has 3 nitrogen and oxygen atoms in total. The number of amides is 1. The molecule has 2 rings (SSSR count). The van der Waals surface area contributed by atoms with Crippen molar-refractivity contribution in [1.29, 1.82) is 0 Å². The van der Waals surface area contributed by atoms with Crippen molar-refractivity contribution < 1.29 is 9.90 Å². The number of carbonyl (C=O) groups excluding carboxylic acids is 1. The third-order valence-corrected chi connectivity index (χ3v) is 4.52. The first-order valence-electron chi connectivity index (χ1n) is 7.11. The van der Waals surface area contributed by atoms with Crippen molar-refractivity contribution in [3.05, 3.63) is 0 Å². The summed E-state index contributed by atoms with van der Waals surface area (Å²) in [6, 6.07) is 0.281. The van der Waals surface area contributed by atoms with E-state index in [-0.39, 0.29) is 11.9 Å². The highest BCUT2D eigenvalue weighted by Gasteiger charge is 2.33. The lowest BCUT2D eigenvalue weighted by Gasteiger charge is -2.34. The van der Waals surface area contributed by atoms with Gasteiger partial charge < -0.3 is 10.4 Å². The van der Waals surface area contributed by atoms with Gasteiger partial charge in [-0.05, 0) is 38.5 Å². The molecule has 0 aliphatic heterocycles. The maximum absolute atomic E-state index is 11.9. The van der Waals surface area contributed by atoms with Gasteiger partial charge >= 0.3 is 0 Å². The van der Waals surface area contributed by atoms with Crippen LogP contribution in [-0.2, 0) is 4.79 Å². The van der Waals surface area contributed by atoms with Gasteiger partial charge in [0.25, 0.3) is 0 Å². The molecule has 1 amide bonds. The molecule has 1 unspecified atom stereocenters. The molecule has 2 saturated carbocycles. The summed E-state index contributed by atoms with van der Waals surface area (Å²) in [6.45, 7) is 2.09. The minimum absolute atomic E-state index is 0.0359. The SMILES string of the molecule is CC(NC(=O)CC1(O)CCCCC1)C1CCC1. The maximum Gasteiger partial charge on any atom is 0.223 e. The van der Waals surface area contributed by atoms with Crippen LogP contribution in [0.1, 0.15) is 64.7 Å². The summed E-state index contributed by atoms with van der Waals surface area (Å²) in [7, 11) is 0. The normalized spacial score (nSPS) is 26.0. The van der Waals surface area contributed by atoms with Crippen LogP contribution in [0.5, 0.6) is 0 Å². The van der Waals surface area contributed by atoms with E-state index in [9.17, 15) is 9.90 Å². The van der Waals surface area contributed by atoms with E-state index in [2.05, 4.69) is 12.2 Å². The van der Waals surface area contributed by atoms with Gasteiger partial charge in [0.15, 0.2) is 0 Å². The Labute approximate surface area is 104 Å². The van der Waals surface area contributed by atoms with Gasteiger partial charge in [-0.1, -0.05) is 25.7 Å². The van der Waals surface area contributed by atoms with Crippen molar-refractivity contribution in [2.24, 2.45) is 5.92 Å². The van der Waals surface area contributed by atoms with Gasteiger partial charge in [-0.15, -0.1) is 0 Å². The Bertz CT molecular complexity index is 267. The lowest BCUT2D eigenvalue weighted by molar-refractivity contribution is -0.128. The van der Waals surface area contributed by atoms with Crippen LogP contribution in [0, 0.1) is 5.92 Å². The summed E-state index contributed by atoms with van der Waals surface area (Å²) in [4.78, 5) is 11.9. The van der Waals surface area contributed by atoms with Gasteiger partial charge in [0, 0.05) is 6.04 Å². The fourth-order valence-corrected chi connectivity index (χ4v) is 3.05. The molecule has 0 saturated heterocycles. The Morgan fingerprint density at radius 1 is 1.29 bits per heavy atom. The third kappa shape index (κ3) is 3.44. The molecule has 2 aliphatic rings. The van der Waals surface area contributed by atoms with Crippen LogP contribution < -0.4 is 5.32 Å². The van der Waals surface area contributed by atoms with E-state index in [1.165, 1.54) is 25.7 Å². The molecule has 2 N–H and O–H groups in total. The molecule has 0 aromatic rings. The molecule has 0 spiro atoms. The Hall–Kier alpha value is -0.570. The molecule has 1 atom stereocenters. The Kier molecular flexibility index (Phi) is 4.08. The molecule has 0 radical (unpaired) electrons. The predicted octanol–water partition coefficient (Wildman–Crippen LogP) is 2.38. The van der Waals surface area contributed by atoms with E-state index in [4.69, 9.17) is 0 Å². The van der Waals surface area contributed by atoms with Crippen molar-refractivity contribution in [1.82, 2.24) is 5.32 Å². The van der Waals surface area contributed by atoms with Crippen LogP contribution in [0.25, 0.3) is 0 Å².